The van der Waals surface area contributed by atoms with Crippen LogP contribution in [-0.2, 0) is 14.3 Å². The summed E-state index contributed by atoms with van der Waals surface area (Å²) >= 11 is 0. The first kappa shape index (κ1) is 24.8. The lowest BCUT2D eigenvalue weighted by Crippen LogP contribution is -2.35. The standard InChI is InChI=1S/C28H34N2O5/c1-17-22(11-18-12-25(34-5)28(2,32)26(13-18)35-6)21-8-7-20(33-4)14-24(21)23(17)15-27(31)29-19-9-10-30(3)16-19/h7-8,11-15,19,32H,9-10,16H2,1-6H3,(H,29,31)/b18-11?,23-15+. The molecule has 0 spiro atoms. The van der Waals surface area contributed by atoms with Gasteiger partial charge in [-0.1, -0.05) is 6.07 Å². The van der Waals surface area contributed by atoms with Gasteiger partial charge >= 0.3 is 0 Å². The number of aliphatic hydroxyl groups is 1. The van der Waals surface area contributed by atoms with Gasteiger partial charge in [0, 0.05) is 18.7 Å². The van der Waals surface area contributed by atoms with Crippen LogP contribution in [0, 0.1) is 0 Å². The zero-order valence-corrected chi connectivity index (χ0v) is 21.3. The summed E-state index contributed by atoms with van der Waals surface area (Å²) in [6, 6.07) is 6.05. The van der Waals surface area contributed by atoms with Crippen molar-refractivity contribution in [2.75, 3.05) is 41.5 Å². The number of amides is 1. The third kappa shape index (κ3) is 4.79. The SMILES string of the molecule is COC1=CC(=CC2=C(C)/C(=C\C(=O)NC3CCN(C)C3)c3cc(OC)ccc32)C=C(OC)C1(C)O. The predicted octanol–water partition coefficient (Wildman–Crippen LogP) is 3.44. The summed E-state index contributed by atoms with van der Waals surface area (Å²) in [6.45, 7) is 5.50. The maximum Gasteiger partial charge on any atom is 0.244 e. The molecule has 3 aliphatic rings. The van der Waals surface area contributed by atoms with Crippen molar-refractivity contribution < 1.29 is 24.1 Å². The van der Waals surface area contributed by atoms with Gasteiger partial charge in [-0.05, 0) is 97.6 Å². The fraction of sp³-hybridized carbons (Fsp3) is 0.393. The van der Waals surface area contributed by atoms with E-state index < -0.39 is 5.60 Å². The second kappa shape index (κ2) is 9.76. The number of hydrogen-bond acceptors (Lipinski definition) is 6. The van der Waals surface area contributed by atoms with E-state index in [-0.39, 0.29) is 11.9 Å². The third-order valence-corrected chi connectivity index (χ3v) is 6.93. The number of ether oxygens (including phenoxy) is 3. The van der Waals surface area contributed by atoms with E-state index in [0.29, 0.717) is 11.5 Å². The highest BCUT2D eigenvalue weighted by Gasteiger charge is 2.36. The van der Waals surface area contributed by atoms with Gasteiger partial charge in [0.1, 0.15) is 17.3 Å². The molecule has 4 rings (SSSR count). The van der Waals surface area contributed by atoms with Crippen molar-refractivity contribution in [3.05, 3.63) is 76.3 Å². The van der Waals surface area contributed by atoms with E-state index in [0.717, 1.165) is 58.7 Å². The summed E-state index contributed by atoms with van der Waals surface area (Å²) < 4.78 is 16.4. The quantitative estimate of drug-likeness (QED) is 0.610. The van der Waals surface area contributed by atoms with Crippen LogP contribution in [0.1, 0.15) is 31.4 Å². The van der Waals surface area contributed by atoms with Crippen molar-refractivity contribution >= 4 is 17.1 Å². The maximum absolute atomic E-state index is 12.9. The molecule has 1 amide bonds. The Labute approximate surface area is 207 Å². The number of allylic oxidation sites excluding steroid dienone is 7. The molecule has 0 radical (unpaired) electrons. The Morgan fingerprint density at radius 2 is 1.83 bits per heavy atom. The molecule has 1 aliphatic heterocycles. The van der Waals surface area contributed by atoms with Crippen molar-refractivity contribution in [3.8, 4) is 5.75 Å². The largest absolute Gasteiger partial charge is 0.498 e. The lowest BCUT2D eigenvalue weighted by atomic mass is 9.91. The Kier molecular flexibility index (Phi) is 6.92. The van der Waals surface area contributed by atoms with Crippen LogP contribution in [0.25, 0.3) is 11.1 Å². The van der Waals surface area contributed by atoms with Crippen molar-refractivity contribution in [1.82, 2.24) is 10.2 Å². The highest BCUT2D eigenvalue weighted by molar-refractivity contribution is 6.09. The van der Waals surface area contributed by atoms with Gasteiger partial charge in [0.05, 0.1) is 21.3 Å². The van der Waals surface area contributed by atoms with Crippen LogP contribution in [0.15, 0.2) is 65.2 Å². The van der Waals surface area contributed by atoms with Gasteiger partial charge in [-0.25, -0.2) is 0 Å². The molecule has 35 heavy (non-hydrogen) atoms. The molecule has 2 N–H and O–H groups in total. The van der Waals surface area contributed by atoms with Crippen LogP contribution in [0.5, 0.6) is 5.75 Å². The summed E-state index contributed by atoms with van der Waals surface area (Å²) in [4.78, 5) is 15.2. The molecular formula is C28H34N2O5. The minimum absolute atomic E-state index is 0.0980. The zero-order chi connectivity index (χ0) is 25.3. The predicted molar refractivity (Wildman–Crippen MR) is 137 cm³/mol. The lowest BCUT2D eigenvalue weighted by Gasteiger charge is -2.30. The summed E-state index contributed by atoms with van der Waals surface area (Å²) in [5.41, 5.74) is 4.26. The molecule has 0 aromatic heterocycles. The molecule has 1 aromatic rings. The molecule has 2 aliphatic carbocycles. The van der Waals surface area contributed by atoms with Crippen molar-refractivity contribution in [1.29, 1.82) is 0 Å². The van der Waals surface area contributed by atoms with Crippen molar-refractivity contribution in [3.63, 3.8) is 0 Å². The Morgan fingerprint density at radius 1 is 1.14 bits per heavy atom. The van der Waals surface area contributed by atoms with E-state index in [9.17, 15) is 9.90 Å². The molecule has 0 bridgehead atoms. The molecule has 1 saturated heterocycles. The van der Waals surface area contributed by atoms with Crippen molar-refractivity contribution in [2.24, 2.45) is 0 Å². The van der Waals surface area contributed by atoms with Crippen LogP contribution < -0.4 is 10.1 Å². The van der Waals surface area contributed by atoms with Crippen LogP contribution in [-0.4, -0.2) is 69.0 Å². The number of methoxy groups -OCH3 is 3. The van der Waals surface area contributed by atoms with E-state index in [4.69, 9.17) is 14.2 Å². The van der Waals surface area contributed by atoms with Crippen LogP contribution in [0.4, 0.5) is 0 Å². The highest BCUT2D eigenvalue weighted by atomic mass is 16.5. The first-order valence-electron chi connectivity index (χ1n) is 11.7. The summed E-state index contributed by atoms with van der Waals surface area (Å²) in [5.74, 6) is 1.42. The number of likely N-dealkylation sites (tertiary alicyclic amines) is 1. The highest BCUT2D eigenvalue weighted by Crippen LogP contribution is 2.44. The third-order valence-electron chi connectivity index (χ3n) is 6.93. The van der Waals surface area contributed by atoms with E-state index >= 15 is 0 Å². The number of rotatable bonds is 6. The van der Waals surface area contributed by atoms with Gasteiger partial charge in [0.25, 0.3) is 0 Å². The van der Waals surface area contributed by atoms with Gasteiger partial charge in [0.15, 0.2) is 5.60 Å². The second-order valence-corrected chi connectivity index (χ2v) is 9.41. The molecule has 1 fully saturated rings. The Morgan fingerprint density at radius 3 is 2.40 bits per heavy atom. The number of nitrogens with one attached hydrogen (secondary N) is 1. The number of benzene rings is 1. The van der Waals surface area contributed by atoms with Crippen molar-refractivity contribution in [2.45, 2.75) is 31.9 Å². The molecular weight excluding hydrogens is 444 g/mol. The molecule has 1 aromatic carbocycles. The summed E-state index contributed by atoms with van der Waals surface area (Å²) in [6.07, 6.45) is 8.27. The fourth-order valence-electron chi connectivity index (χ4n) is 4.97. The number of fused-ring (bicyclic) bond motifs is 1. The zero-order valence-electron chi connectivity index (χ0n) is 21.3. The smallest absolute Gasteiger partial charge is 0.244 e. The summed E-state index contributed by atoms with van der Waals surface area (Å²) in [7, 11) is 6.75. The average Bonchev–Trinajstić information content (AvgIpc) is 3.34. The number of hydrogen-bond donors (Lipinski definition) is 2. The van der Waals surface area contributed by atoms with E-state index in [1.54, 1.807) is 32.3 Å². The first-order chi connectivity index (χ1) is 16.7. The van der Waals surface area contributed by atoms with Gasteiger partial charge in [-0.15, -0.1) is 0 Å². The van der Waals surface area contributed by atoms with Crippen LogP contribution in [0.2, 0.25) is 0 Å². The van der Waals surface area contributed by atoms with Gasteiger partial charge < -0.3 is 29.5 Å². The van der Waals surface area contributed by atoms with Crippen LogP contribution in [0.3, 0.4) is 0 Å². The molecule has 1 unspecified atom stereocenters. The molecule has 7 nitrogen and oxygen atoms in total. The Bertz CT molecular complexity index is 1160. The van der Waals surface area contributed by atoms with Gasteiger partial charge in [-0.3, -0.25) is 4.79 Å². The first-order valence-corrected chi connectivity index (χ1v) is 11.7. The molecule has 1 heterocycles. The normalized spacial score (nSPS) is 25.3. The molecule has 1 atom stereocenters. The number of nitrogens with zero attached hydrogens (tertiary/aromatic N) is 1. The minimum atomic E-state index is -1.34. The molecule has 0 saturated carbocycles. The number of carbonyl (C=O) groups is 1. The topological polar surface area (TPSA) is 80.3 Å². The van der Waals surface area contributed by atoms with E-state index in [2.05, 4.69) is 17.3 Å². The van der Waals surface area contributed by atoms with Crippen LogP contribution >= 0.6 is 0 Å². The molecule has 7 heteroatoms. The average molecular weight is 479 g/mol. The Balaban J connectivity index is 1.76. The second-order valence-electron chi connectivity index (χ2n) is 9.41. The fourth-order valence-corrected chi connectivity index (χ4v) is 4.97. The maximum atomic E-state index is 12.9. The lowest BCUT2D eigenvalue weighted by molar-refractivity contribution is -0.117. The monoisotopic (exact) mass is 478 g/mol. The van der Waals surface area contributed by atoms with E-state index in [1.807, 2.05) is 31.2 Å². The minimum Gasteiger partial charge on any atom is -0.498 e. The van der Waals surface area contributed by atoms with Gasteiger partial charge in [0.2, 0.25) is 5.91 Å². The number of carbonyl (C=O) groups excluding carboxylic acids is 1. The summed E-state index contributed by atoms with van der Waals surface area (Å²) in [5, 5.41) is 14.0. The van der Waals surface area contributed by atoms with Gasteiger partial charge in [-0.2, -0.15) is 0 Å². The van der Waals surface area contributed by atoms with E-state index in [1.165, 1.54) is 14.2 Å². The Hall–Kier alpha value is -3.29. The number of likely N-dealkylation sites (N-methyl/N-ethyl adjacent to an activating group) is 1. The molecule has 186 valence electrons.